The van der Waals surface area contributed by atoms with Crippen LogP contribution < -0.4 is 10.2 Å². The van der Waals surface area contributed by atoms with Crippen molar-refractivity contribution in [1.82, 2.24) is 5.48 Å². The molecule has 0 aliphatic rings. The number of aryl methyl sites for hydroxylation is 1. The fourth-order valence-corrected chi connectivity index (χ4v) is 1.18. The van der Waals surface area contributed by atoms with Gasteiger partial charge in [0.05, 0.1) is 6.61 Å². The Morgan fingerprint density at radius 3 is 2.71 bits per heavy atom. The van der Waals surface area contributed by atoms with Crippen LogP contribution in [0.25, 0.3) is 0 Å². The summed E-state index contributed by atoms with van der Waals surface area (Å²) in [6.07, 6.45) is 0. The van der Waals surface area contributed by atoms with Gasteiger partial charge in [-0.15, -0.1) is 0 Å². The average molecular weight is 237 g/mol. The molecule has 1 N–H and O–H groups in total. The minimum atomic E-state index is -0.283. The van der Waals surface area contributed by atoms with Crippen molar-refractivity contribution in [2.75, 3.05) is 13.2 Å². The van der Waals surface area contributed by atoms with Gasteiger partial charge in [0.15, 0.2) is 6.61 Å². The van der Waals surface area contributed by atoms with E-state index >= 15 is 0 Å². The first kappa shape index (κ1) is 13.5. The third-order valence-corrected chi connectivity index (χ3v) is 2.06. The molecule has 0 atom stereocenters. The molecular weight excluding hydrogens is 218 g/mol. The Hall–Kier alpha value is -1.55. The molecule has 0 aliphatic heterocycles. The van der Waals surface area contributed by atoms with E-state index in [1.807, 2.05) is 45.0 Å². The normalized spacial score (nSPS) is 10.4. The van der Waals surface area contributed by atoms with Crippen molar-refractivity contribution in [3.63, 3.8) is 0 Å². The van der Waals surface area contributed by atoms with Crippen LogP contribution in [0.3, 0.4) is 0 Å². The Balaban J connectivity index is 2.26. The second-order valence-electron chi connectivity index (χ2n) is 4.28. The number of hydroxylamine groups is 1. The van der Waals surface area contributed by atoms with Crippen molar-refractivity contribution in [3.8, 4) is 5.75 Å². The first-order valence-corrected chi connectivity index (χ1v) is 5.68. The summed E-state index contributed by atoms with van der Waals surface area (Å²) in [6.45, 7) is 6.41. The first-order chi connectivity index (χ1) is 8.09. The number of rotatable bonds is 6. The number of ether oxygens (including phenoxy) is 1. The van der Waals surface area contributed by atoms with Crippen LogP contribution in [0.15, 0.2) is 24.3 Å². The van der Waals surface area contributed by atoms with Crippen molar-refractivity contribution in [1.29, 1.82) is 0 Å². The molecule has 0 fully saturated rings. The standard InChI is InChI=1S/C13H19NO3/c1-10(2)8-17-14-13(15)9-16-12-7-5-4-6-11(12)3/h4-7,10H,8-9H2,1-3H3,(H,14,15). The number of carbonyl (C=O) groups is 1. The van der Waals surface area contributed by atoms with Gasteiger partial charge in [0, 0.05) is 0 Å². The van der Waals surface area contributed by atoms with Crippen LogP contribution >= 0.6 is 0 Å². The summed E-state index contributed by atoms with van der Waals surface area (Å²) in [4.78, 5) is 16.3. The zero-order chi connectivity index (χ0) is 12.7. The zero-order valence-electron chi connectivity index (χ0n) is 10.5. The summed E-state index contributed by atoms with van der Waals surface area (Å²) >= 11 is 0. The number of hydrogen-bond acceptors (Lipinski definition) is 3. The van der Waals surface area contributed by atoms with E-state index in [0.717, 1.165) is 5.56 Å². The van der Waals surface area contributed by atoms with Gasteiger partial charge in [0.1, 0.15) is 5.75 Å². The number of nitrogens with one attached hydrogen (secondary N) is 1. The molecule has 1 amide bonds. The zero-order valence-corrected chi connectivity index (χ0v) is 10.5. The average Bonchev–Trinajstić information content (AvgIpc) is 2.27. The second kappa shape index (κ2) is 6.91. The molecule has 94 valence electrons. The Morgan fingerprint density at radius 1 is 1.35 bits per heavy atom. The Kier molecular flexibility index (Phi) is 5.49. The van der Waals surface area contributed by atoms with Gasteiger partial charge in [-0.3, -0.25) is 9.63 Å². The molecule has 0 saturated heterocycles. The van der Waals surface area contributed by atoms with Crippen molar-refractivity contribution < 1.29 is 14.4 Å². The molecule has 4 heteroatoms. The van der Waals surface area contributed by atoms with E-state index in [1.165, 1.54) is 0 Å². The van der Waals surface area contributed by atoms with Gasteiger partial charge in [0.2, 0.25) is 0 Å². The molecule has 17 heavy (non-hydrogen) atoms. The van der Waals surface area contributed by atoms with Crippen LogP contribution in [0.4, 0.5) is 0 Å². The van der Waals surface area contributed by atoms with Gasteiger partial charge >= 0.3 is 0 Å². The van der Waals surface area contributed by atoms with Crippen LogP contribution in [-0.4, -0.2) is 19.1 Å². The highest BCUT2D eigenvalue weighted by Gasteiger charge is 2.04. The second-order valence-corrected chi connectivity index (χ2v) is 4.28. The first-order valence-electron chi connectivity index (χ1n) is 5.68. The molecule has 0 bridgehead atoms. The maximum absolute atomic E-state index is 11.3. The van der Waals surface area contributed by atoms with Crippen LogP contribution in [0.2, 0.25) is 0 Å². The monoisotopic (exact) mass is 237 g/mol. The topological polar surface area (TPSA) is 47.6 Å². The number of hydrogen-bond donors (Lipinski definition) is 1. The molecule has 4 nitrogen and oxygen atoms in total. The number of para-hydroxylation sites is 1. The molecule has 1 aromatic rings. The van der Waals surface area contributed by atoms with E-state index in [0.29, 0.717) is 18.3 Å². The third-order valence-electron chi connectivity index (χ3n) is 2.06. The van der Waals surface area contributed by atoms with Crippen LogP contribution in [-0.2, 0) is 9.63 Å². The van der Waals surface area contributed by atoms with Crippen LogP contribution in [0.1, 0.15) is 19.4 Å². The summed E-state index contributed by atoms with van der Waals surface area (Å²) in [5.41, 5.74) is 3.34. The van der Waals surface area contributed by atoms with Gasteiger partial charge in [0.25, 0.3) is 5.91 Å². The van der Waals surface area contributed by atoms with Crippen molar-refractivity contribution in [3.05, 3.63) is 29.8 Å². The maximum Gasteiger partial charge on any atom is 0.281 e. The molecule has 0 radical (unpaired) electrons. The molecule has 1 rings (SSSR count). The van der Waals surface area contributed by atoms with Crippen molar-refractivity contribution >= 4 is 5.91 Å². The predicted octanol–water partition coefficient (Wildman–Crippen LogP) is 2.08. The lowest BCUT2D eigenvalue weighted by Gasteiger charge is -2.10. The van der Waals surface area contributed by atoms with Gasteiger partial charge < -0.3 is 4.74 Å². The lowest BCUT2D eigenvalue weighted by atomic mass is 10.2. The minimum absolute atomic E-state index is 0.0387. The maximum atomic E-state index is 11.3. The predicted molar refractivity (Wildman–Crippen MR) is 65.6 cm³/mol. The highest BCUT2D eigenvalue weighted by Crippen LogP contribution is 2.15. The lowest BCUT2D eigenvalue weighted by Crippen LogP contribution is -2.30. The number of carbonyl (C=O) groups excluding carboxylic acids is 1. The molecule has 0 aliphatic carbocycles. The summed E-state index contributed by atoms with van der Waals surface area (Å²) in [7, 11) is 0. The number of amides is 1. The highest BCUT2D eigenvalue weighted by atomic mass is 16.7. The van der Waals surface area contributed by atoms with Gasteiger partial charge in [-0.25, -0.2) is 5.48 Å². The van der Waals surface area contributed by atoms with E-state index in [2.05, 4.69) is 5.48 Å². The highest BCUT2D eigenvalue weighted by molar-refractivity contribution is 5.76. The molecule has 1 aromatic carbocycles. The summed E-state index contributed by atoms with van der Waals surface area (Å²) in [6, 6.07) is 7.56. The largest absolute Gasteiger partial charge is 0.483 e. The Labute approximate surface area is 102 Å². The minimum Gasteiger partial charge on any atom is -0.483 e. The van der Waals surface area contributed by atoms with Gasteiger partial charge in [-0.1, -0.05) is 32.0 Å². The molecule has 0 heterocycles. The van der Waals surface area contributed by atoms with Crippen LogP contribution in [0, 0.1) is 12.8 Å². The number of benzene rings is 1. The van der Waals surface area contributed by atoms with E-state index in [1.54, 1.807) is 0 Å². The fourth-order valence-electron chi connectivity index (χ4n) is 1.18. The lowest BCUT2D eigenvalue weighted by molar-refractivity contribution is -0.136. The van der Waals surface area contributed by atoms with Crippen molar-refractivity contribution in [2.45, 2.75) is 20.8 Å². The summed E-state index contributed by atoms with van der Waals surface area (Å²) in [5.74, 6) is 0.813. The van der Waals surface area contributed by atoms with Gasteiger partial charge in [-0.2, -0.15) is 0 Å². The van der Waals surface area contributed by atoms with Crippen molar-refractivity contribution in [2.24, 2.45) is 5.92 Å². The molecular formula is C13H19NO3. The fraction of sp³-hybridized carbons (Fsp3) is 0.462. The SMILES string of the molecule is Cc1ccccc1OCC(=O)NOCC(C)C. The van der Waals surface area contributed by atoms with E-state index < -0.39 is 0 Å². The van der Waals surface area contributed by atoms with E-state index in [9.17, 15) is 4.79 Å². The van der Waals surface area contributed by atoms with E-state index in [4.69, 9.17) is 9.57 Å². The molecule has 0 spiro atoms. The van der Waals surface area contributed by atoms with Gasteiger partial charge in [-0.05, 0) is 24.5 Å². The smallest absolute Gasteiger partial charge is 0.281 e. The Bertz CT molecular complexity index is 363. The molecule has 0 aromatic heterocycles. The molecule has 0 saturated carbocycles. The van der Waals surface area contributed by atoms with Crippen LogP contribution in [0.5, 0.6) is 5.75 Å². The molecule has 0 unspecified atom stereocenters. The quantitative estimate of drug-likeness (QED) is 0.770. The Morgan fingerprint density at radius 2 is 2.06 bits per heavy atom. The third kappa shape index (κ3) is 5.36. The van der Waals surface area contributed by atoms with E-state index in [-0.39, 0.29) is 12.5 Å². The summed E-state index contributed by atoms with van der Waals surface area (Å²) in [5, 5.41) is 0. The summed E-state index contributed by atoms with van der Waals surface area (Å²) < 4.78 is 5.36.